The van der Waals surface area contributed by atoms with Gasteiger partial charge in [-0.2, -0.15) is 0 Å². The van der Waals surface area contributed by atoms with E-state index in [2.05, 4.69) is 4.98 Å². The summed E-state index contributed by atoms with van der Waals surface area (Å²) < 4.78 is 12.0. The van der Waals surface area contributed by atoms with Crippen molar-refractivity contribution in [2.45, 2.75) is 45.4 Å². The molecule has 3 heterocycles. The molecular formula is C14H19BN2O3. The molecule has 6 heteroatoms. The smallest absolute Gasteiger partial charge is 0.399 e. The van der Waals surface area contributed by atoms with Gasteiger partial charge in [0, 0.05) is 18.7 Å². The Kier molecular flexibility index (Phi) is 2.75. The van der Waals surface area contributed by atoms with Gasteiger partial charge in [0.25, 0.3) is 5.91 Å². The Morgan fingerprint density at radius 1 is 1.25 bits per heavy atom. The second kappa shape index (κ2) is 4.05. The van der Waals surface area contributed by atoms with Gasteiger partial charge in [0.1, 0.15) is 0 Å². The quantitative estimate of drug-likeness (QED) is 0.716. The molecule has 0 atom stereocenters. The lowest BCUT2D eigenvalue weighted by atomic mass is 9.79. The van der Waals surface area contributed by atoms with Crippen molar-refractivity contribution in [3.05, 3.63) is 23.5 Å². The zero-order valence-electron chi connectivity index (χ0n) is 12.6. The van der Waals surface area contributed by atoms with E-state index in [4.69, 9.17) is 9.31 Å². The Hall–Kier alpha value is -1.40. The van der Waals surface area contributed by atoms with Crippen molar-refractivity contribution >= 4 is 18.5 Å². The topological polar surface area (TPSA) is 51.7 Å². The highest BCUT2D eigenvalue weighted by Gasteiger charge is 2.52. The number of hydrogen-bond donors (Lipinski definition) is 0. The minimum atomic E-state index is -0.475. The molecule has 0 aromatic carbocycles. The van der Waals surface area contributed by atoms with Gasteiger partial charge in [-0.15, -0.1) is 0 Å². The lowest BCUT2D eigenvalue weighted by molar-refractivity contribution is 0.00578. The van der Waals surface area contributed by atoms with Gasteiger partial charge < -0.3 is 14.2 Å². The number of carbonyl (C=O) groups excluding carboxylic acids is 1. The molecule has 1 saturated heterocycles. The third-order valence-corrected chi connectivity index (χ3v) is 4.48. The average molecular weight is 274 g/mol. The fourth-order valence-corrected chi connectivity index (χ4v) is 2.43. The van der Waals surface area contributed by atoms with Crippen LogP contribution in [0.4, 0.5) is 0 Å². The molecule has 0 N–H and O–H groups in total. The molecule has 2 aliphatic heterocycles. The number of amides is 1. The van der Waals surface area contributed by atoms with Crippen molar-refractivity contribution < 1.29 is 14.1 Å². The number of fused-ring (bicyclic) bond motifs is 1. The molecule has 1 aromatic rings. The van der Waals surface area contributed by atoms with Crippen LogP contribution in [0.1, 0.15) is 43.7 Å². The standard InChI is InChI=1S/C14H19BN2O3/c1-13(2)14(3,4)20-15(19-13)9-6-10-11(16-7-9)8-17(5)12(10)18/h6-7H,8H2,1-5H3. The van der Waals surface area contributed by atoms with Crippen molar-refractivity contribution in [2.24, 2.45) is 0 Å². The molecule has 1 aromatic heterocycles. The van der Waals surface area contributed by atoms with Crippen LogP contribution in [0.5, 0.6) is 0 Å². The van der Waals surface area contributed by atoms with E-state index in [9.17, 15) is 4.79 Å². The average Bonchev–Trinajstić information content (AvgIpc) is 2.74. The molecule has 1 fully saturated rings. The second-order valence-electron chi connectivity index (χ2n) is 6.51. The van der Waals surface area contributed by atoms with Gasteiger partial charge >= 0.3 is 7.12 Å². The summed E-state index contributed by atoms with van der Waals surface area (Å²) in [7, 11) is 1.30. The van der Waals surface area contributed by atoms with Crippen LogP contribution in [0.3, 0.4) is 0 Å². The summed E-state index contributed by atoms with van der Waals surface area (Å²) >= 11 is 0. The van der Waals surface area contributed by atoms with Crippen molar-refractivity contribution in [1.82, 2.24) is 9.88 Å². The molecule has 0 spiro atoms. The van der Waals surface area contributed by atoms with Gasteiger partial charge in [-0.1, -0.05) is 0 Å². The molecule has 20 heavy (non-hydrogen) atoms. The van der Waals surface area contributed by atoms with Crippen molar-refractivity contribution in [3.8, 4) is 0 Å². The molecule has 0 saturated carbocycles. The Bertz CT molecular complexity index is 570. The Balaban J connectivity index is 1.93. The summed E-state index contributed by atoms with van der Waals surface area (Å²) in [5, 5.41) is 0. The lowest BCUT2D eigenvalue weighted by Crippen LogP contribution is -2.41. The van der Waals surface area contributed by atoms with E-state index in [-0.39, 0.29) is 5.91 Å². The maximum absolute atomic E-state index is 12.0. The SMILES string of the molecule is CN1Cc2ncc(B3OC(C)(C)C(C)(C)O3)cc2C1=O. The summed E-state index contributed by atoms with van der Waals surface area (Å²) in [6.45, 7) is 8.59. The van der Waals surface area contributed by atoms with Crippen LogP contribution >= 0.6 is 0 Å². The van der Waals surface area contributed by atoms with Gasteiger partial charge in [0.15, 0.2) is 0 Å². The first kappa shape index (κ1) is 13.6. The highest BCUT2D eigenvalue weighted by Crippen LogP contribution is 2.36. The van der Waals surface area contributed by atoms with Crippen LogP contribution < -0.4 is 5.46 Å². The van der Waals surface area contributed by atoms with Crippen molar-refractivity contribution in [1.29, 1.82) is 0 Å². The van der Waals surface area contributed by atoms with E-state index < -0.39 is 18.3 Å². The van der Waals surface area contributed by atoms with Gasteiger partial charge in [-0.05, 0) is 33.8 Å². The fourth-order valence-electron chi connectivity index (χ4n) is 2.43. The molecule has 0 unspecified atom stereocenters. The third-order valence-electron chi connectivity index (χ3n) is 4.48. The van der Waals surface area contributed by atoms with Crippen LogP contribution in [-0.4, -0.2) is 41.2 Å². The van der Waals surface area contributed by atoms with Crippen LogP contribution in [0.15, 0.2) is 12.3 Å². The number of pyridine rings is 1. The summed E-state index contributed by atoms with van der Waals surface area (Å²) in [4.78, 5) is 18.1. The minimum Gasteiger partial charge on any atom is -0.399 e. The fraction of sp³-hybridized carbons (Fsp3) is 0.571. The number of aromatic nitrogens is 1. The zero-order chi connectivity index (χ0) is 14.7. The van der Waals surface area contributed by atoms with Crippen LogP contribution in [0.2, 0.25) is 0 Å². The molecule has 3 rings (SSSR count). The number of carbonyl (C=O) groups is 1. The van der Waals surface area contributed by atoms with E-state index in [1.165, 1.54) is 0 Å². The predicted molar refractivity (Wildman–Crippen MR) is 75.8 cm³/mol. The minimum absolute atomic E-state index is 0.00543. The normalized spacial score (nSPS) is 23.4. The van der Waals surface area contributed by atoms with Crippen molar-refractivity contribution in [3.63, 3.8) is 0 Å². The third kappa shape index (κ3) is 1.86. The van der Waals surface area contributed by atoms with Gasteiger partial charge in [0.05, 0.1) is 29.0 Å². The maximum Gasteiger partial charge on any atom is 0.496 e. The summed E-state index contributed by atoms with van der Waals surface area (Å²) in [5.41, 5.74) is 1.48. The Morgan fingerprint density at radius 2 is 1.85 bits per heavy atom. The first-order valence-electron chi connectivity index (χ1n) is 6.81. The highest BCUT2D eigenvalue weighted by molar-refractivity contribution is 6.62. The van der Waals surface area contributed by atoms with E-state index in [1.807, 2.05) is 33.8 Å². The lowest BCUT2D eigenvalue weighted by Gasteiger charge is -2.32. The molecule has 0 radical (unpaired) electrons. The Morgan fingerprint density at radius 3 is 2.45 bits per heavy atom. The number of nitrogens with zero attached hydrogens (tertiary/aromatic N) is 2. The molecule has 2 aliphatic rings. The first-order valence-corrected chi connectivity index (χ1v) is 6.81. The summed E-state index contributed by atoms with van der Waals surface area (Å²) in [6, 6.07) is 1.84. The molecular weight excluding hydrogens is 255 g/mol. The van der Waals surface area contributed by atoms with Gasteiger partial charge in [0.2, 0.25) is 0 Å². The van der Waals surface area contributed by atoms with Gasteiger partial charge in [-0.3, -0.25) is 9.78 Å². The summed E-state index contributed by atoms with van der Waals surface area (Å²) in [5.74, 6) is 0.00543. The molecule has 5 nitrogen and oxygen atoms in total. The van der Waals surface area contributed by atoms with E-state index in [1.54, 1.807) is 18.1 Å². The van der Waals surface area contributed by atoms with Crippen LogP contribution in [0, 0.1) is 0 Å². The van der Waals surface area contributed by atoms with E-state index in [0.717, 1.165) is 11.2 Å². The molecule has 0 aliphatic carbocycles. The highest BCUT2D eigenvalue weighted by atomic mass is 16.7. The molecule has 1 amide bonds. The van der Waals surface area contributed by atoms with Crippen molar-refractivity contribution in [2.75, 3.05) is 7.05 Å². The van der Waals surface area contributed by atoms with Crippen LogP contribution in [-0.2, 0) is 15.9 Å². The van der Waals surface area contributed by atoms with Gasteiger partial charge in [-0.25, -0.2) is 0 Å². The summed E-state index contributed by atoms with van der Waals surface area (Å²) in [6.07, 6.45) is 1.74. The van der Waals surface area contributed by atoms with Crippen LogP contribution in [0.25, 0.3) is 0 Å². The molecule has 0 bridgehead atoms. The monoisotopic (exact) mass is 274 g/mol. The number of hydrogen-bond acceptors (Lipinski definition) is 4. The van der Waals surface area contributed by atoms with E-state index >= 15 is 0 Å². The largest absolute Gasteiger partial charge is 0.496 e. The second-order valence-corrected chi connectivity index (χ2v) is 6.51. The first-order chi connectivity index (χ1) is 9.21. The van der Waals surface area contributed by atoms with E-state index in [0.29, 0.717) is 12.1 Å². The molecule has 106 valence electrons. The number of rotatable bonds is 1. The Labute approximate surface area is 119 Å². The zero-order valence-corrected chi connectivity index (χ0v) is 12.6. The predicted octanol–water partition coefficient (Wildman–Crippen LogP) is 0.966. The maximum atomic E-state index is 12.0.